The Balaban J connectivity index is 0.965. The van der Waals surface area contributed by atoms with Crippen LogP contribution in [0.3, 0.4) is 0 Å². The Kier molecular flexibility index (Phi) is 6.99. The molecule has 5 aromatic heterocycles. The fraction of sp³-hybridized carbons (Fsp3) is 0. The summed E-state index contributed by atoms with van der Waals surface area (Å²) in [5.41, 5.74) is 12.4. The first-order valence-electron chi connectivity index (χ1n) is 17.0. The maximum absolute atomic E-state index is 5.14. The van der Waals surface area contributed by atoms with E-state index in [2.05, 4.69) is 136 Å². The number of benzene rings is 5. The van der Waals surface area contributed by atoms with E-state index in [1.165, 1.54) is 12.7 Å². The Morgan fingerprint density at radius 1 is 0.308 bits per heavy atom. The van der Waals surface area contributed by atoms with Gasteiger partial charge in [-0.1, -0.05) is 115 Å². The molecule has 7 nitrogen and oxygen atoms in total. The number of fused-ring (bicyclic) bond motifs is 5. The lowest BCUT2D eigenvalue weighted by Gasteiger charge is -2.09. The Hall–Kier alpha value is -7.25. The smallest absolute Gasteiger partial charge is 0.181 e. The molecule has 10 aromatic rings. The molecule has 0 N–H and O–H groups in total. The van der Waals surface area contributed by atoms with Gasteiger partial charge in [0.2, 0.25) is 0 Å². The van der Waals surface area contributed by atoms with Crippen molar-refractivity contribution in [1.29, 1.82) is 0 Å². The van der Waals surface area contributed by atoms with E-state index in [0.717, 1.165) is 88.5 Å². The standard InChI is InChI=1S/C45H27N7/c1-2-4-29(5-3-1)37-21-18-33-12-13-34-19-22-38(52-44(34)43(33)51-37)30-8-6-28(7-9-30)35-14-10-31-16-20-39(49-41(31)24-35)36-15-11-32-17-23-40(50-42(32)25-36)45-47-26-46-27-48-45/h1-27H. The van der Waals surface area contributed by atoms with Gasteiger partial charge in [-0.2, -0.15) is 0 Å². The molecule has 0 aliphatic heterocycles. The molecule has 0 saturated heterocycles. The molecule has 5 heterocycles. The van der Waals surface area contributed by atoms with Crippen molar-refractivity contribution < 1.29 is 0 Å². The molecular weight excluding hydrogens is 639 g/mol. The third-order valence-corrected chi connectivity index (χ3v) is 9.51. The van der Waals surface area contributed by atoms with Gasteiger partial charge < -0.3 is 0 Å². The van der Waals surface area contributed by atoms with Gasteiger partial charge in [0.1, 0.15) is 18.3 Å². The third-order valence-electron chi connectivity index (χ3n) is 9.51. The van der Waals surface area contributed by atoms with Crippen LogP contribution in [-0.2, 0) is 0 Å². The van der Waals surface area contributed by atoms with Crippen LogP contribution >= 0.6 is 0 Å². The van der Waals surface area contributed by atoms with Crippen molar-refractivity contribution in [3.05, 3.63) is 164 Å². The molecule has 0 fully saturated rings. The summed E-state index contributed by atoms with van der Waals surface area (Å²) in [5, 5.41) is 4.26. The summed E-state index contributed by atoms with van der Waals surface area (Å²) in [6, 6.07) is 52.3. The average Bonchev–Trinajstić information content (AvgIpc) is 3.23. The first kappa shape index (κ1) is 29.6. The number of pyridine rings is 4. The second-order valence-electron chi connectivity index (χ2n) is 12.7. The van der Waals surface area contributed by atoms with Crippen molar-refractivity contribution in [2.45, 2.75) is 0 Å². The van der Waals surface area contributed by atoms with Crippen LogP contribution in [0.5, 0.6) is 0 Å². The lowest BCUT2D eigenvalue weighted by molar-refractivity contribution is 1.05. The number of hydrogen-bond donors (Lipinski definition) is 0. The average molecular weight is 666 g/mol. The Bertz CT molecular complexity index is 2950. The zero-order valence-corrected chi connectivity index (χ0v) is 27.7. The summed E-state index contributed by atoms with van der Waals surface area (Å²) in [4.78, 5) is 32.5. The predicted molar refractivity (Wildman–Crippen MR) is 208 cm³/mol. The largest absolute Gasteiger partial charge is 0.248 e. The predicted octanol–water partition coefficient (Wildman–Crippen LogP) is 10.4. The van der Waals surface area contributed by atoms with Crippen molar-refractivity contribution in [2.24, 2.45) is 0 Å². The maximum atomic E-state index is 5.14. The van der Waals surface area contributed by atoms with Gasteiger partial charge in [0.05, 0.1) is 39.1 Å². The highest BCUT2D eigenvalue weighted by atomic mass is 15.0. The van der Waals surface area contributed by atoms with Gasteiger partial charge in [0.15, 0.2) is 5.82 Å². The minimum atomic E-state index is 0.545. The van der Waals surface area contributed by atoms with Crippen molar-refractivity contribution >= 4 is 43.6 Å². The summed E-state index contributed by atoms with van der Waals surface area (Å²) in [7, 11) is 0. The van der Waals surface area contributed by atoms with Gasteiger partial charge in [0, 0.05) is 38.2 Å². The fourth-order valence-corrected chi connectivity index (χ4v) is 6.76. The third kappa shape index (κ3) is 5.37. The second kappa shape index (κ2) is 12.3. The maximum Gasteiger partial charge on any atom is 0.181 e. The molecule has 0 aliphatic rings. The van der Waals surface area contributed by atoms with Crippen LogP contribution in [0.15, 0.2) is 164 Å². The van der Waals surface area contributed by atoms with E-state index in [0.29, 0.717) is 11.5 Å². The monoisotopic (exact) mass is 665 g/mol. The minimum Gasteiger partial charge on any atom is -0.248 e. The van der Waals surface area contributed by atoms with Crippen LogP contribution in [0.25, 0.3) is 100 Å². The minimum absolute atomic E-state index is 0.545. The molecule has 0 unspecified atom stereocenters. The fourth-order valence-electron chi connectivity index (χ4n) is 6.76. The first-order valence-corrected chi connectivity index (χ1v) is 17.0. The van der Waals surface area contributed by atoms with Gasteiger partial charge in [0.25, 0.3) is 0 Å². The normalized spacial score (nSPS) is 11.5. The van der Waals surface area contributed by atoms with Crippen molar-refractivity contribution in [3.8, 4) is 56.4 Å². The van der Waals surface area contributed by atoms with Crippen LogP contribution in [0.1, 0.15) is 0 Å². The van der Waals surface area contributed by atoms with Gasteiger partial charge in [-0.3, -0.25) is 0 Å². The molecule has 5 aromatic carbocycles. The molecule has 7 heteroatoms. The van der Waals surface area contributed by atoms with Crippen LogP contribution in [-0.4, -0.2) is 34.9 Å². The van der Waals surface area contributed by atoms with E-state index in [9.17, 15) is 0 Å². The van der Waals surface area contributed by atoms with E-state index in [-0.39, 0.29) is 0 Å². The SMILES string of the molecule is c1ccc(-c2ccc3ccc4ccc(-c5ccc(-c6ccc7ccc(-c8ccc9ccc(-c%10ncncn%10)nc9c8)nc7c6)cc5)nc4c3n2)cc1. The van der Waals surface area contributed by atoms with E-state index in [4.69, 9.17) is 19.9 Å². The van der Waals surface area contributed by atoms with E-state index < -0.39 is 0 Å². The lowest BCUT2D eigenvalue weighted by atomic mass is 10.00. The molecule has 0 radical (unpaired) electrons. The van der Waals surface area contributed by atoms with Crippen molar-refractivity contribution in [3.63, 3.8) is 0 Å². The highest BCUT2D eigenvalue weighted by Crippen LogP contribution is 2.32. The molecule has 0 atom stereocenters. The second-order valence-corrected chi connectivity index (χ2v) is 12.7. The number of hydrogen-bond acceptors (Lipinski definition) is 7. The van der Waals surface area contributed by atoms with Gasteiger partial charge >= 0.3 is 0 Å². The Morgan fingerprint density at radius 3 is 1.40 bits per heavy atom. The van der Waals surface area contributed by atoms with Crippen LogP contribution in [0.2, 0.25) is 0 Å². The molecule has 0 bridgehead atoms. The Morgan fingerprint density at radius 2 is 0.750 bits per heavy atom. The van der Waals surface area contributed by atoms with E-state index in [1.807, 2.05) is 30.3 Å². The lowest BCUT2D eigenvalue weighted by Crippen LogP contribution is -1.93. The molecule has 0 amide bonds. The molecule has 0 aliphatic carbocycles. The molecule has 242 valence electrons. The number of aromatic nitrogens is 7. The summed E-state index contributed by atoms with van der Waals surface area (Å²) in [5.74, 6) is 0.545. The van der Waals surface area contributed by atoms with Gasteiger partial charge in [-0.25, -0.2) is 34.9 Å². The number of rotatable bonds is 5. The zero-order valence-electron chi connectivity index (χ0n) is 27.7. The topological polar surface area (TPSA) is 90.2 Å². The zero-order chi connectivity index (χ0) is 34.4. The van der Waals surface area contributed by atoms with E-state index >= 15 is 0 Å². The molecule has 0 spiro atoms. The Labute approximate surface area is 298 Å². The summed E-state index contributed by atoms with van der Waals surface area (Å²) < 4.78 is 0. The summed E-state index contributed by atoms with van der Waals surface area (Å²) in [6.07, 6.45) is 2.96. The van der Waals surface area contributed by atoms with Crippen LogP contribution < -0.4 is 0 Å². The molecule has 10 rings (SSSR count). The van der Waals surface area contributed by atoms with Crippen molar-refractivity contribution in [1.82, 2.24) is 34.9 Å². The van der Waals surface area contributed by atoms with Crippen LogP contribution in [0.4, 0.5) is 0 Å². The van der Waals surface area contributed by atoms with Gasteiger partial charge in [-0.15, -0.1) is 0 Å². The molecule has 52 heavy (non-hydrogen) atoms. The van der Waals surface area contributed by atoms with Crippen LogP contribution in [0, 0.1) is 0 Å². The highest BCUT2D eigenvalue weighted by Gasteiger charge is 2.11. The van der Waals surface area contributed by atoms with Gasteiger partial charge in [-0.05, 0) is 47.5 Å². The molecular formula is C45H27N7. The summed E-state index contributed by atoms with van der Waals surface area (Å²) >= 11 is 0. The van der Waals surface area contributed by atoms with Crippen molar-refractivity contribution in [2.75, 3.05) is 0 Å². The summed E-state index contributed by atoms with van der Waals surface area (Å²) in [6.45, 7) is 0. The number of nitrogens with zero attached hydrogens (tertiary/aromatic N) is 7. The quantitative estimate of drug-likeness (QED) is 0.169. The highest BCUT2D eigenvalue weighted by molar-refractivity contribution is 6.04. The molecule has 0 saturated carbocycles. The first-order chi connectivity index (χ1) is 25.7. The van der Waals surface area contributed by atoms with E-state index in [1.54, 1.807) is 0 Å².